The molecule has 1 aliphatic heterocycles. The van der Waals surface area contributed by atoms with Gasteiger partial charge < -0.3 is 9.64 Å². The third-order valence-corrected chi connectivity index (χ3v) is 4.60. The van der Waals surface area contributed by atoms with Crippen LogP contribution in [-0.4, -0.2) is 55.0 Å². The smallest absolute Gasteiger partial charge is 0.317 e. The monoisotopic (exact) mass is 378 g/mol. The molecule has 3 heterocycles. The second kappa shape index (κ2) is 7.75. The first kappa shape index (κ1) is 18.1. The Labute approximate surface area is 163 Å². The number of nitrogens with zero attached hydrogens (tertiary/aromatic N) is 6. The van der Waals surface area contributed by atoms with E-state index in [1.165, 1.54) is 11.0 Å². The molecule has 1 amide bonds. The largest absolute Gasteiger partial charge is 0.458 e. The van der Waals surface area contributed by atoms with Crippen molar-refractivity contribution < 1.29 is 9.53 Å². The van der Waals surface area contributed by atoms with E-state index < -0.39 is 0 Å². The zero-order valence-corrected chi connectivity index (χ0v) is 15.9. The highest BCUT2D eigenvalue weighted by Gasteiger charge is 2.28. The lowest BCUT2D eigenvalue weighted by Crippen LogP contribution is -2.44. The number of carbonyl (C=O) groups is 1. The van der Waals surface area contributed by atoms with Gasteiger partial charge in [-0.05, 0) is 44.9 Å². The Morgan fingerprint density at radius 3 is 2.64 bits per heavy atom. The van der Waals surface area contributed by atoms with Gasteiger partial charge in [0.2, 0.25) is 0 Å². The number of amides is 1. The van der Waals surface area contributed by atoms with Gasteiger partial charge in [0.25, 0.3) is 5.91 Å². The summed E-state index contributed by atoms with van der Waals surface area (Å²) in [5, 5.41) is 8.55. The molecule has 2 aromatic heterocycles. The maximum Gasteiger partial charge on any atom is 0.317 e. The van der Waals surface area contributed by atoms with Crippen LogP contribution in [0.3, 0.4) is 0 Å². The molecule has 3 aromatic rings. The van der Waals surface area contributed by atoms with Crippen molar-refractivity contribution in [1.29, 1.82) is 0 Å². The highest BCUT2D eigenvalue weighted by atomic mass is 16.5. The maximum atomic E-state index is 12.9. The van der Waals surface area contributed by atoms with Crippen molar-refractivity contribution in [3.63, 3.8) is 0 Å². The fourth-order valence-corrected chi connectivity index (χ4v) is 3.32. The van der Waals surface area contributed by atoms with Crippen molar-refractivity contribution in [2.24, 2.45) is 0 Å². The van der Waals surface area contributed by atoms with Crippen molar-refractivity contribution in [3.05, 3.63) is 59.7 Å². The molecule has 4 rings (SSSR count). The standard InChI is InChI=1S/C20H22N6O2/c1-14-11-15(2)23-20(22-14)28-17-9-6-10-25(13-17)19(27)18-12-21-26(24-18)16-7-4-3-5-8-16/h3-5,7-8,11-12,17H,6,9-10,13H2,1-2H3. The van der Waals surface area contributed by atoms with Crippen molar-refractivity contribution in [3.8, 4) is 11.7 Å². The summed E-state index contributed by atoms with van der Waals surface area (Å²) >= 11 is 0. The van der Waals surface area contributed by atoms with Crippen molar-refractivity contribution >= 4 is 5.91 Å². The molecule has 0 radical (unpaired) electrons. The number of aryl methyl sites for hydroxylation is 2. The van der Waals surface area contributed by atoms with E-state index in [1.807, 2.05) is 50.2 Å². The minimum atomic E-state index is -0.142. The average Bonchev–Trinajstić information content (AvgIpc) is 3.18. The second-order valence-corrected chi connectivity index (χ2v) is 6.92. The van der Waals surface area contributed by atoms with E-state index in [0.717, 1.165) is 29.9 Å². The van der Waals surface area contributed by atoms with Crippen LogP contribution in [0.5, 0.6) is 6.01 Å². The number of rotatable bonds is 4. The van der Waals surface area contributed by atoms with Gasteiger partial charge in [-0.1, -0.05) is 18.2 Å². The zero-order valence-electron chi connectivity index (χ0n) is 15.9. The number of carbonyl (C=O) groups excluding carboxylic acids is 1. The van der Waals surface area contributed by atoms with Crippen molar-refractivity contribution in [2.45, 2.75) is 32.8 Å². The molecular formula is C20H22N6O2. The topological polar surface area (TPSA) is 86.0 Å². The Balaban J connectivity index is 1.44. The number of ether oxygens (including phenoxy) is 1. The summed E-state index contributed by atoms with van der Waals surface area (Å²) in [6.07, 6.45) is 3.08. The molecule has 144 valence electrons. The van der Waals surface area contributed by atoms with E-state index in [2.05, 4.69) is 20.2 Å². The molecule has 1 saturated heterocycles. The molecule has 1 aromatic carbocycles. The molecule has 0 spiro atoms. The Morgan fingerprint density at radius 1 is 1.14 bits per heavy atom. The zero-order chi connectivity index (χ0) is 19.5. The van der Waals surface area contributed by atoms with Crippen LogP contribution < -0.4 is 4.74 Å². The van der Waals surface area contributed by atoms with Crippen LogP contribution in [-0.2, 0) is 0 Å². The van der Waals surface area contributed by atoms with Gasteiger partial charge in [-0.25, -0.2) is 9.97 Å². The molecule has 0 aliphatic carbocycles. The molecule has 0 N–H and O–H groups in total. The Hall–Kier alpha value is -3.29. The molecule has 0 bridgehead atoms. The van der Waals surface area contributed by atoms with Gasteiger partial charge in [0.1, 0.15) is 6.10 Å². The second-order valence-electron chi connectivity index (χ2n) is 6.92. The van der Waals surface area contributed by atoms with Crippen LogP contribution in [0.25, 0.3) is 5.69 Å². The molecule has 0 saturated carbocycles. The summed E-state index contributed by atoms with van der Waals surface area (Å²) < 4.78 is 5.95. The van der Waals surface area contributed by atoms with Crippen LogP contribution in [0.2, 0.25) is 0 Å². The van der Waals surface area contributed by atoms with E-state index >= 15 is 0 Å². The van der Waals surface area contributed by atoms with Gasteiger partial charge in [-0.15, -0.1) is 5.10 Å². The summed E-state index contributed by atoms with van der Waals surface area (Å²) in [5.74, 6) is -0.142. The minimum absolute atomic E-state index is 0.136. The van der Waals surface area contributed by atoms with Crippen LogP contribution in [0.4, 0.5) is 0 Å². The molecule has 1 unspecified atom stereocenters. The summed E-state index contributed by atoms with van der Waals surface area (Å²) in [6, 6.07) is 11.8. The van der Waals surface area contributed by atoms with Gasteiger partial charge in [0.05, 0.1) is 18.4 Å². The van der Waals surface area contributed by atoms with Crippen LogP contribution in [0.15, 0.2) is 42.6 Å². The van der Waals surface area contributed by atoms with E-state index in [0.29, 0.717) is 24.8 Å². The molecule has 8 heteroatoms. The SMILES string of the molecule is Cc1cc(C)nc(OC2CCCN(C(=O)c3cnn(-c4ccccc4)n3)C2)n1. The summed E-state index contributed by atoms with van der Waals surface area (Å²) in [6.45, 7) is 4.97. The number of piperidine rings is 1. The number of hydrogen-bond donors (Lipinski definition) is 0. The van der Waals surface area contributed by atoms with Gasteiger partial charge >= 0.3 is 6.01 Å². The van der Waals surface area contributed by atoms with Gasteiger partial charge in [-0.2, -0.15) is 9.90 Å². The van der Waals surface area contributed by atoms with Gasteiger partial charge in [-0.3, -0.25) is 4.79 Å². The van der Waals surface area contributed by atoms with E-state index in [-0.39, 0.29) is 12.0 Å². The molecular weight excluding hydrogens is 356 g/mol. The Kier molecular flexibility index (Phi) is 5.01. The maximum absolute atomic E-state index is 12.9. The highest BCUT2D eigenvalue weighted by molar-refractivity contribution is 5.92. The predicted molar refractivity (Wildman–Crippen MR) is 102 cm³/mol. The lowest BCUT2D eigenvalue weighted by Gasteiger charge is -2.31. The number of benzene rings is 1. The molecule has 1 aliphatic rings. The van der Waals surface area contributed by atoms with Crippen LogP contribution >= 0.6 is 0 Å². The Morgan fingerprint density at radius 2 is 1.89 bits per heavy atom. The summed E-state index contributed by atoms with van der Waals surface area (Å²) in [7, 11) is 0. The third kappa shape index (κ3) is 4.00. The quantitative estimate of drug-likeness (QED) is 0.693. The molecule has 8 nitrogen and oxygen atoms in total. The first-order chi connectivity index (χ1) is 13.6. The Bertz CT molecular complexity index is 952. The lowest BCUT2D eigenvalue weighted by molar-refractivity contribution is 0.0509. The number of likely N-dealkylation sites (tertiary alicyclic amines) is 1. The van der Waals surface area contributed by atoms with Crippen molar-refractivity contribution in [1.82, 2.24) is 29.9 Å². The van der Waals surface area contributed by atoms with Gasteiger partial charge in [0.15, 0.2) is 5.69 Å². The fraction of sp³-hybridized carbons (Fsp3) is 0.350. The van der Waals surface area contributed by atoms with Crippen LogP contribution in [0, 0.1) is 13.8 Å². The fourth-order valence-electron chi connectivity index (χ4n) is 3.32. The molecule has 1 atom stereocenters. The number of aromatic nitrogens is 5. The average molecular weight is 378 g/mol. The van der Waals surface area contributed by atoms with Crippen molar-refractivity contribution in [2.75, 3.05) is 13.1 Å². The molecule has 1 fully saturated rings. The van der Waals surface area contributed by atoms with Crippen LogP contribution in [0.1, 0.15) is 34.7 Å². The van der Waals surface area contributed by atoms with E-state index in [9.17, 15) is 4.79 Å². The third-order valence-electron chi connectivity index (χ3n) is 4.60. The normalized spacial score (nSPS) is 16.8. The lowest BCUT2D eigenvalue weighted by atomic mass is 10.1. The molecule has 28 heavy (non-hydrogen) atoms. The van der Waals surface area contributed by atoms with Gasteiger partial charge in [0, 0.05) is 17.9 Å². The summed E-state index contributed by atoms with van der Waals surface area (Å²) in [4.78, 5) is 24.8. The number of para-hydroxylation sites is 1. The minimum Gasteiger partial charge on any atom is -0.458 e. The van der Waals surface area contributed by atoms with E-state index in [1.54, 1.807) is 4.90 Å². The number of hydrogen-bond acceptors (Lipinski definition) is 6. The first-order valence-electron chi connectivity index (χ1n) is 9.34. The highest BCUT2D eigenvalue weighted by Crippen LogP contribution is 2.18. The van der Waals surface area contributed by atoms with E-state index in [4.69, 9.17) is 4.74 Å². The summed E-state index contributed by atoms with van der Waals surface area (Å²) in [5.41, 5.74) is 2.87. The first-order valence-corrected chi connectivity index (χ1v) is 9.34. The predicted octanol–water partition coefficient (Wildman–Crippen LogP) is 2.36.